The van der Waals surface area contributed by atoms with Crippen LogP contribution >= 0.6 is 15.9 Å². The van der Waals surface area contributed by atoms with Gasteiger partial charge in [0.05, 0.1) is 10.9 Å². The number of benzene rings is 2. The molecule has 19 heavy (non-hydrogen) atoms. The third-order valence-corrected chi connectivity index (χ3v) is 4.84. The summed E-state index contributed by atoms with van der Waals surface area (Å²) in [6.45, 7) is 0. The van der Waals surface area contributed by atoms with Gasteiger partial charge in [-0.2, -0.15) is 0 Å². The molecule has 0 saturated heterocycles. The van der Waals surface area contributed by atoms with E-state index in [9.17, 15) is 8.42 Å². The molecule has 0 radical (unpaired) electrons. The van der Waals surface area contributed by atoms with Gasteiger partial charge in [-0.15, -0.1) is 0 Å². The minimum absolute atomic E-state index is 0.275. The smallest absolute Gasteiger partial charge is 0.207 e. The molecule has 0 fully saturated rings. The molecule has 2 aromatic rings. The van der Waals surface area contributed by atoms with E-state index in [1.807, 2.05) is 30.3 Å². The van der Waals surface area contributed by atoms with Crippen molar-refractivity contribution in [3.63, 3.8) is 0 Å². The highest BCUT2D eigenvalue weighted by Crippen LogP contribution is 2.18. The first-order chi connectivity index (χ1) is 9.13. The molecule has 2 rings (SSSR count). The fraction of sp³-hybridized carbons (Fsp3) is 0.143. The third-order valence-electron chi connectivity index (χ3n) is 2.71. The lowest BCUT2D eigenvalue weighted by atomic mass is 10.1. The Kier molecular flexibility index (Phi) is 4.74. The SMILES string of the molecule is O=S(=O)(NC(CBr)c1ccccc1)c1ccccc1. The van der Waals surface area contributed by atoms with E-state index in [-0.39, 0.29) is 10.9 Å². The minimum atomic E-state index is -3.50. The second-order valence-electron chi connectivity index (χ2n) is 4.05. The Balaban J connectivity index is 2.24. The predicted molar refractivity (Wildman–Crippen MR) is 79.7 cm³/mol. The van der Waals surface area contributed by atoms with Crippen LogP contribution in [0.3, 0.4) is 0 Å². The average Bonchev–Trinajstić information content (AvgIpc) is 2.47. The van der Waals surface area contributed by atoms with Crippen molar-refractivity contribution in [2.24, 2.45) is 0 Å². The van der Waals surface area contributed by atoms with Gasteiger partial charge in [0.1, 0.15) is 0 Å². The zero-order chi connectivity index (χ0) is 13.7. The summed E-state index contributed by atoms with van der Waals surface area (Å²) in [4.78, 5) is 0.275. The van der Waals surface area contributed by atoms with Crippen molar-refractivity contribution < 1.29 is 8.42 Å². The molecule has 0 aliphatic carbocycles. The Hall–Kier alpha value is -1.17. The molecule has 0 amide bonds. The lowest BCUT2D eigenvalue weighted by Gasteiger charge is -2.16. The summed E-state index contributed by atoms with van der Waals surface area (Å²) in [6, 6.07) is 17.6. The third kappa shape index (κ3) is 3.65. The molecule has 1 unspecified atom stereocenters. The lowest BCUT2D eigenvalue weighted by molar-refractivity contribution is 0.569. The molecule has 0 saturated carbocycles. The molecule has 0 spiro atoms. The maximum absolute atomic E-state index is 12.2. The van der Waals surface area contributed by atoms with Crippen molar-refractivity contribution in [2.45, 2.75) is 10.9 Å². The molecule has 5 heteroatoms. The first-order valence-corrected chi connectivity index (χ1v) is 8.42. The Morgan fingerprint density at radius 3 is 2.00 bits per heavy atom. The second kappa shape index (κ2) is 6.32. The number of hydrogen-bond donors (Lipinski definition) is 1. The van der Waals surface area contributed by atoms with Gasteiger partial charge in [0.2, 0.25) is 10.0 Å². The molecule has 0 bridgehead atoms. The maximum Gasteiger partial charge on any atom is 0.241 e. The summed E-state index contributed by atoms with van der Waals surface area (Å²) < 4.78 is 27.2. The molecule has 100 valence electrons. The van der Waals surface area contributed by atoms with Gasteiger partial charge in [0.15, 0.2) is 0 Å². The van der Waals surface area contributed by atoms with Gasteiger partial charge in [-0.3, -0.25) is 0 Å². The van der Waals surface area contributed by atoms with Gasteiger partial charge in [0.25, 0.3) is 0 Å². The van der Waals surface area contributed by atoms with Gasteiger partial charge < -0.3 is 0 Å². The minimum Gasteiger partial charge on any atom is -0.207 e. The maximum atomic E-state index is 12.2. The molecule has 1 N–H and O–H groups in total. The monoisotopic (exact) mass is 339 g/mol. The van der Waals surface area contributed by atoms with Gasteiger partial charge >= 0.3 is 0 Å². The normalized spacial score (nSPS) is 13.1. The van der Waals surface area contributed by atoms with Crippen molar-refractivity contribution in [1.82, 2.24) is 4.72 Å². The van der Waals surface area contributed by atoms with Crippen molar-refractivity contribution in [2.75, 3.05) is 5.33 Å². The molecule has 0 heterocycles. The average molecular weight is 340 g/mol. The van der Waals surface area contributed by atoms with E-state index in [2.05, 4.69) is 20.7 Å². The number of sulfonamides is 1. The van der Waals surface area contributed by atoms with E-state index >= 15 is 0 Å². The van der Waals surface area contributed by atoms with E-state index in [1.54, 1.807) is 30.3 Å². The van der Waals surface area contributed by atoms with E-state index in [0.29, 0.717) is 5.33 Å². The summed E-state index contributed by atoms with van der Waals surface area (Å²) in [7, 11) is -3.50. The van der Waals surface area contributed by atoms with Crippen molar-refractivity contribution in [1.29, 1.82) is 0 Å². The Morgan fingerprint density at radius 1 is 0.947 bits per heavy atom. The van der Waals surface area contributed by atoms with Crippen molar-refractivity contribution in [3.8, 4) is 0 Å². The number of nitrogens with one attached hydrogen (secondary N) is 1. The first-order valence-electron chi connectivity index (χ1n) is 5.82. The fourth-order valence-electron chi connectivity index (χ4n) is 1.73. The van der Waals surface area contributed by atoms with Crippen LogP contribution in [0.5, 0.6) is 0 Å². The molecule has 0 aliphatic rings. The molecule has 0 aliphatic heterocycles. The highest BCUT2D eigenvalue weighted by molar-refractivity contribution is 9.09. The van der Waals surface area contributed by atoms with E-state index in [0.717, 1.165) is 5.56 Å². The van der Waals surface area contributed by atoms with Crippen LogP contribution in [0.2, 0.25) is 0 Å². The lowest BCUT2D eigenvalue weighted by Crippen LogP contribution is -2.29. The largest absolute Gasteiger partial charge is 0.241 e. The van der Waals surface area contributed by atoms with E-state index in [4.69, 9.17) is 0 Å². The summed E-state index contributed by atoms with van der Waals surface area (Å²) >= 11 is 3.35. The fourth-order valence-corrected chi connectivity index (χ4v) is 3.72. The van der Waals surface area contributed by atoms with E-state index < -0.39 is 10.0 Å². The Labute approximate surface area is 121 Å². The number of alkyl halides is 1. The zero-order valence-corrected chi connectivity index (χ0v) is 12.6. The first kappa shape index (κ1) is 14.2. The van der Waals surface area contributed by atoms with Gasteiger partial charge in [0, 0.05) is 5.33 Å². The van der Waals surface area contributed by atoms with E-state index in [1.165, 1.54) is 0 Å². The van der Waals surface area contributed by atoms with Crippen LogP contribution in [0, 0.1) is 0 Å². The summed E-state index contributed by atoms with van der Waals surface area (Å²) in [6.07, 6.45) is 0. The summed E-state index contributed by atoms with van der Waals surface area (Å²) in [5, 5.41) is 0.517. The van der Waals surface area contributed by atoms with Crippen LogP contribution in [0.1, 0.15) is 11.6 Å². The topological polar surface area (TPSA) is 46.2 Å². The quantitative estimate of drug-likeness (QED) is 0.850. The number of rotatable bonds is 5. The van der Waals surface area contributed by atoms with Crippen LogP contribution in [-0.2, 0) is 10.0 Å². The van der Waals surface area contributed by atoms with Crippen LogP contribution in [0.25, 0.3) is 0 Å². The van der Waals surface area contributed by atoms with Crippen LogP contribution < -0.4 is 4.72 Å². The molecular formula is C14H14BrNO2S. The zero-order valence-electron chi connectivity index (χ0n) is 10.2. The predicted octanol–water partition coefficient (Wildman–Crippen LogP) is 3.10. The highest BCUT2D eigenvalue weighted by Gasteiger charge is 2.20. The van der Waals surface area contributed by atoms with Crippen LogP contribution in [-0.4, -0.2) is 13.7 Å². The molecule has 2 aromatic carbocycles. The van der Waals surface area contributed by atoms with Crippen molar-refractivity contribution >= 4 is 26.0 Å². The molecular weight excluding hydrogens is 326 g/mol. The number of halogens is 1. The Bertz CT molecular complexity index is 614. The summed E-state index contributed by atoms with van der Waals surface area (Å²) in [5.74, 6) is 0. The highest BCUT2D eigenvalue weighted by atomic mass is 79.9. The van der Waals surface area contributed by atoms with Gasteiger partial charge in [-0.25, -0.2) is 13.1 Å². The Morgan fingerprint density at radius 2 is 1.47 bits per heavy atom. The van der Waals surface area contributed by atoms with Gasteiger partial charge in [-0.05, 0) is 17.7 Å². The summed E-state index contributed by atoms with van der Waals surface area (Å²) in [5.41, 5.74) is 0.930. The molecule has 0 aromatic heterocycles. The standard InChI is InChI=1S/C14H14BrNO2S/c15-11-14(12-7-3-1-4-8-12)16-19(17,18)13-9-5-2-6-10-13/h1-10,14,16H,11H2. The van der Waals surface area contributed by atoms with Gasteiger partial charge in [-0.1, -0.05) is 64.5 Å². The number of hydrogen-bond acceptors (Lipinski definition) is 2. The molecule has 3 nitrogen and oxygen atoms in total. The molecule has 1 atom stereocenters. The van der Waals surface area contributed by atoms with Crippen LogP contribution in [0.4, 0.5) is 0 Å². The van der Waals surface area contributed by atoms with Crippen molar-refractivity contribution in [3.05, 3.63) is 66.2 Å². The van der Waals surface area contributed by atoms with Crippen LogP contribution in [0.15, 0.2) is 65.6 Å². The second-order valence-corrected chi connectivity index (χ2v) is 6.41.